The third-order valence-electron chi connectivity index (χ3n) is 4.80. The average molecular weight is 283 g/mol. The molecule has 0 spiro atoms. The normalized spacial score (nSPS) is 23.6. The highest BCUT2D eigenvalue weighted by molar-refractivity contribution is 5.89. The Balaban J connectivity index is 2.09. The topological polar surface area (TPSA) is 21.3 Å². The van der Waals surface area contributed by atoms with Crippen molar-refractivity contribution >= 4 is 10.8 Å². The number of hydrogen-bond donors (Lipinski definition) is 1. The molecule has 2 nitrogen and oxygen atoms in total. The molecular weight excluding hydrogens is 258 g/mol. The first-order valence-electron chi connectivity index (χ1n) is 8.05. The molecule has 2 heteroatoms. The number of fused-ring (bicyclic) bond motifs is 1. The van der Waals surface area contributed by atoms with Gasteiger partial charge < -0.3 is 10.1 Å². The van der Waals surface area contributed by atoms with Gasteiger partial charge in [0.1, 0.15) is 0 Å². The number of benzene rings is 2. The Morgan fingerprint density at radius 3 is 2.62 bits per heavy atom. The van der Waals surface area contributed by atoms with Crippen molar-refractivity contribution in [3.05, 3.63) is 47.5 Å². The van der Waals surface area contributed by atoms with Crippen molar-refractivity contribution in [3.63, 3.8) is 0 Å². The van der Waals surface area contributed by atoms with Crippen molar-refractivity contribution in [2.24, 2.45) is 5.92 Å². The van der Waals surface area contributed by atoms with Crippen molar-refractivity contribution in [3.8, 4) is 0 Å². The second kappa shape index (κ2) is 6.17. The minimum Gasteiger partial charge on any atom is -0.378 e. The molecule has 3 atom stereocenters. The van der Waals surface area contributed by atoms with Gasteiger partial charge in [-0.25, -0.2) is 0 Å². The molecule has 1 heterocycles. The lowest BCUT2D eigenvalue weighted by Gasteiger charge is -2.28. The first-order chi connectivity index (χ1) is 10.2. The zero-order chi connectivity index (χ0) is 14.8. The van der Waals surface area contributed by atoms with Crippen LogP contribution in [-0.2, 0) is 4.74 Å². The monoisotopic (exact) mass is 283 g/mol. The molecule has 0 saturated carbocycles. The van der Waals surface area contributed by atoms with Crippen LogP contribution in [0.15, 0.2) is 36.4 Å². The summed E-state index contributed by atoms with van der Waals surface area (Å²) < 4.78 is 5.81. The van der Waals surface area contributed by atoms with Crippen LogP contribution in [0.5, 0.6) is 0 Å². The fraction of sp³-hybridized carbons (Fsp3) is 0.474. The van der Waals surface area contributed by atoms with Crippen LogP contribution in [0.2, 0.25) is 0 Å². The molecule has 1 saturated heterocycles. The second-order valence-corrected chi connectivity index (χ2v) is 6.08. The second-order valence-electron chi connectivity index (χ2n) is 6.08. The highest BCUT2D eigenvalue weighted by atomic mass is 16.5. The summed E-state index contributed by atoms with van der Waals surface area (Å²) in [5.74, 6) is 0.552. The molecule has 1 aliphatic heterocycles. The van der Waals surface area contributed by atoms with Gasteiger partial charge in [-0.1, -0.05) is 43.3 Å². The zero-order valence-corrected chi connectivity index (χ0v) is 13.2. The predicted molar refractivity (Wildman–Crippen MR) is 88.6 cm³/mol. The quantitative estimate of drug-likeness (QED) is 0.907. The van der Waals surface area contributed by atoms with E-state index < -0.39 is 0 Å². The minimum atomic E-state index is 0.328. The van der Waals surface area contributed by atoms with Gasteiger partial charge in [0.05, 0.1) is 6.10 Å². The fourth-order valence-electron chi connectivity index (χ4n) is 3.64. The van der Waals surface area contributed by atoms with E-state index in [4.69, 9.17) is 4.74 Å². The fourth-order valence-corrected chi connectivity index (χ4v) is 3.64. The van der Waals surface area contributed by atoms with Crippen molar-refractivity contribution in [1.29, 1.82) is 0 Å². The molecule has 0 radical (unpaired) electrons. The molecule has 0 bridgehead atoms. The van der Waals surface area contributed by atoms with E-state index in [1.807, 2.05) is 0 Å². The third kappa shape index (κ3) is 2.70. The molecule has 2 aromatic carbocycles. The Kier molecular flexibility index (Phi) is 4.27. The summed E-state index contributed by atoms with van der Waals surface area (Å²) in [6.45, 7) is 8.45. The van der Waals surface area contributed by atoms with Crippen LogP contribution in [0, 0.1) is 12.8 Å². The maximum atomic E-state index is 5.81. The van der Waals surface area contributed by atoms with Gasteiger partial charge in [0.25, 0.3) is 0 Å². The van der Waals surface area contributed by atoms with E-state index >= 15 is 0 Å². The van der Waals surface area contributed by atoms with Crippen LogP contribution >= 0.6 is 0 Å². The number of ether oxygens (including phenoxy) is 1. The van der Waals surface area contributed by atoms with Crippen LogP contribution in [0.1, 0.15) is 37.4 Å². The Labute approximate surface area is 127 Å². The maximum absolute atomic E-state index is 5.81. The average Bonchev–Trinajstić information content (AvgIpc) is 2.92. The smallest absolute Gasteiger partial charge is 0.0594 e. The van der Waals surface area contributed by atoms with E-state index in [0.717, 1.165) is 19.6 Å². The van der Waals surface area contributed by atoms with Crippen LogP contribution in [0.4, 0.5) is 0 Å². The van der Waals surface area contributed by atoms with Gasteiger partial charge in [0.2, 0.25) is 0 Å². The van der Waals surface area contributed by atoms with Crippen molar-refractivity contribution < 1.29 is 4.74 Å². The highest BCUT2D eigenvalue weighted by Gasteiger charge is 2.33. The van der Waals surface area contributed by atoms with Crippen LogP contribution in [0.3, 0.4) is 0 Å². The van der Waals surface area contributed by atoms with Crippen molar-refractivity contribution in [1.82, 2.24) is 5.32 Å². The number of rotatable bonds is 4. The number of nitrogens with one attached hydrogen (secondary N) is 1. The number of hydrogen-bond acceptors (Lipinski definition) is 2. The molecule has 1 aliphatic rings. The van der Waals surface area contributed by atoms with E-state index in [1.54, 1.807) is 0 Å². The summed E-state index contributed by atoms with van der Waals surface area (Å²) >= 11 is 0. The van der Waals surface area contributed by atoms with E-state index in [0.29, 0.717) is 18.1 Å². The van der Waals surface area contributed by atoms with Gasteiger partial charge in [-0.05, 0) is 48.7 Å². The summed E-state index contributed by atoms with van der Waals surface area (Å²) in [5, 5.41) is 6.45. The van der Waals surface area contributed by atoms with E-state index in [-0.39, 0.29) is 0 Å². The standard InChI is InChI=1S/C19H25NO/c1-4-20-19(16-11-12-21-14(16)3)18-10-9-13(2)15-7-5-6-8-17(15)18/h5-10,14,16,19-20H,4,11-12H2,1-3H3. The van der Waals surface area contributed by atoms with Gasteiger partial charge in [-0.15, -0.1) is 0 Å². The minimum absolute atomic E-state index is 0.328. The lowest BCUT2D eigenvalue weighted by Crippen LogP contribution is -2.32. The molecule has 21 heavy (non-hydrogen) atoms. The summed E-state index contributed by atoms with van der Waals surface area (Å²) in [6.07, 6.45) is 1.47. The van der Waals surface area contributed by atoms with Crippen LogP contribution in [0.25, 0.3) is 10.8 Å². The van der Waals surface area contributed by atoms with Crippen LogP contribution in [-0.4, -0.2) is 19.3 Å². The molecule has 1 fully saturated rings. The van der Waals surface area contributed by atoms with E-state index in [1.165, 1.54) is 21.9 Å². The summed E-state index contributed by atoms with van der Waals surface area (Å²) in [5.41, 5.74) is 2.76. The van der Waals surface area contributed by atoms with E-state index in [9.17, 15) is 0 Å². The summed E-state index contributed by atoms with van der Waals surface area (Å²) in [6, 6.07) is 13.7. The highest BCUT2D eigenvalue weighted by Crippen LogP contribution is 2.37. The molecule has 2 aromatic rings. The molecule has 1 N–H and O–H groups in total. The third-order valence-corrected chi connectivity index (χ3v) is 4.80. The van der Waals surface area contributed by atoms with Gasteiger partial charge in [-0.2, -0.15) is 0 Å². The first kappa shape index (κ1) is 14.6. The predicted octanol–water partition coefficient (Wildman–Crippen LogP) is 4.22. The van der Waals surface area contributed by atoms with Crippen molar-refractivity contribution in [2.75, 3.05) is 13.2 Å². The van der Waals surface area contributed by atoms with Gasteiger partial charge in [0.15, 0.2) is 0 Å². The SMILES string of the molecule is CCNC(c1ccc(C)c2ccccc12)C1CCOC1C. The molecule has 0 amide bonds. The van der Waals surface area contributed by atoms with Gasteiger partial charge in [0, 0.05) is 18.6 Å². The van der Waals surface area contributed by atoms with E-state index in [2.05, 4.69) is 62.5 Å². The first-order valence-corrected chi connectivity index (χ1v) is 8.05. The Hall–Kier alpha value is -1.38. The Bertz CT molecular complexity index is 622. The number of aryl methyl sites for hydroxylation is 1. The lowest BCUT2D eigenvalue weighted by atomic mass is 9.85. The maximum Gasteiger partial charge on any atom is 0.0594 e. The molecule has 0 aliphatic carbocycles. The molecule has 3 rings (SSSR count). The summed E-state index contributed by atoms with van der Waals surface area (Å²) in [4.78, 5) is 0. The molecular formula is C19H25NO. The van der Waals surface area contributed by atoms with Gasteiger partial charge >= 0.3 is 0 Å². The largest absolute Gasteiger partial charge is 0.378 e. The zero-order valence-electron chi connectivity index (χ0n) is 13.2. The molecule has 112 valence electrons. The molecule has 0 aromatic heterocycles. The molecule has 3 unspecified atom stereocenters. The lowest BCUT2D eigenvalue weighted by molar-refractivity contribution is 0.0957. The Morgan fingerprint density at radius 1 is 1.19 bits per heavy atom. The van der Waals surface area contributed by atoms with Crippen LogP contribution < -0.4 is 5.32 Å². The van der Waals surface area contributed by atoms with Gasteiger partial charge in [-0.3, -0.25) is 0 Å². The summed E-state index contributed by atoms with van der Waals surface area (Å²) in [7, 11) is 0. The Morgan fingerprint density at radius 2 is 1.95 bits per heavy atom. The van der Waals surface area contributed by atoms with Crippen molar-refractivity contribution in [2.45, 2.75) is 39.3 Å².